The zero-order chi connectivity index (χ0) is 10.9. The van der Waals surface area contributed by atoms with Gasteiger partial charge < -0.3 is 4.74 Å². The summed E-state index contributed by atoms with van der Waals surface area (Å²) in [5.74, 6) is 0.786. The molecule has 15 heavy (non-hydrogen) atoms. The number of ether oxygens (including phenoxy) is 1. The summed E-state index contributed by atoms with van der Waals surface area (Å²) in [5.41, 5.74) is 1.28. The highest BCUT2D eigenvalue weighted by Gasteiger charge is 1.99. The molecule has 1 aromatic heterocycles. The quantitative estimate of drug-likeness (QED) is 0.563. The summed E-state index contributed by atoms with van der Waals surface area (Å²) in [6.45, 7) is 3.37. The van der Waals surface area contributed by atoms with E-state index in [4.69, 9.17) is 4.74 Å². The molecule has 0 fully saturated rings. The second-order valence-corrected chi connectivity index (χ2v) is 3.88. The maximum atomic E-state index is 5.36. The Hall–Kier alpha value is -0.580. The van der Waals surface area contributed by atoms with E-state index in [9.17, 15) is 0 Å². The Morgan fingerprint density at radius 3 is 2.73 bits per heavy atom. The number of rotatable bonds is 7. The average molecular weight is 226 g/mol. The van der Waals surface area contributed by atoms with Crippen LogP contribution in [-0.4, -0.2) is 42.4 Å². The summed E-state index contributed by atoms with van der Waals surface area (Å²) >= 11 is 4.08. The van der Waals surface area contributed by atoms with Crippen molar-refractivity contribution >= 4 is 12.6 Å². The van der Waals surface area contributed by atoms with E-state index in [1.54, 1.807) is 0 Å². The van der Waals surface area contributed by atoms with E-state index in [2.05, 4.69) is 29.6 Å². The third-order valence-corrected chi connectivity index (χ3v) is 2.24. The lowest BCUT2D eigenvalue weighted by Gasteiger charge is -2.16. The molecule has 4 heteroatoms. The van der Waals surface area contributed by atoms with Crippen LogP contribution in [0.15, 0.2) is 24.5 Å². The standard InChI is InChI=1S/C11H18N2OS/c1-13(6-7-14-8-9-15)10-11-2-4-12-5-3-11/h2-5,15H,6-10H2,1H3. The van der Waals surface area contributed by atoms with E-state index in [-0.39, 0.29) is 0 Å². The topological polar surface area (TPSA) is 25.4 Å². The molecular weight excluding hydrogens is 208 g/mol. The molecule has 0 bridgehead atoms. The van der Waals surface area contributed by atoms with Gasteiger partial charge in [-0.15, -0.1) is 0 Å². The molecular formula is C11H18N2OS. The fourth-order valence-electron chi connectivity index (χ4n) is 1.27. The smallest absolute Gasteiger partial charge is 0.0593 e. The fraction of sp³-hybridized carbons (Fsp3) is 0.545. The summed E-state index contributed by atoms with van der Waals surface area (Å²) in [5, 5.41) is 0. The molecule has 0 unspecified atom stereocenters. The Morgan fingerprint density at radius 2 is 2.07 bits per heavy atom. The van der Waals surface area contributed by atoms with Crippen LogP contribution < -0.4 is 0 Å². The molecule has 1 rings (SSSR count). The maximum Gasteiger partial charge on any atom is 0.0593 e. The van der Waals surface area contributed by atoms with Gasteiger partial charge >= 0.3 is 0 Å². The van der Waals surface area contributed by atoms with Gasteiger partial charge in [-0.2, -0.15) is 12.6 Å². The highest BCUT2D eigenvalue weighted by Crippen LogP contribution is 2.00. The van der Waals surface area contributed by atoms with Crippen molar-refractivity contribution in [3.05, 3.63) is 30.1 Å². The molecule has 84 valence electrons. The minimum Gasteiger partial charge on any atom is -0.379 e. The number of aromatic nitrogens is 1. The normalized spacial score (nSPS) is 10.9. The Morgan fingerprint density at radius 1 is 1.33 bits per heavy atom. The van der Waals surface area contributed by atoms with Crippen molar-refractivity contribution in [1.29, 1.82) is 0 Å². The van der Waals surface area contributed by atoms with Crippen molar-refractivity contribution in [2.75, 3.05) is 32.6 Å². The Balaban J connectivity index is 2.16. The van der Waals surface area contributed by atoms with Crippen molar-refractivity contribution in [2.45, 2.75) is 6.54 Å². The summed E-state index contributed by atoms with van der Waals surface area (Å²) in [7, 11) is 2.09. The second-order valence-electron chi connectivity index (χ2n) is 3.43. The van der Waals surface area contributed by atoms with Gasteiger partial charge in [0.25, 0.3) is 0 Å². The van der Waals surface area contributed by atoms with Gasteiger partial charge in [0.05, 0.1) is 13.2 Å². The molecule has 0 aliphatic carbocycles. The van der Waals surface area contributed by atoms with Crippen LogP contribution in [0.3, 0.4) is 0 Å². The van der Waals surface area contributed by atoms with Crippen molar-refractivity contribution in [3.8, 4) is 0 Å². The molecule has 0 aliphatic rings. The second kappa shape index (κ2) is 7.68. The highest BCUT2D eigenvalue weighted by atomic mass is 32.1. The van der Waals surface area contributed by atoms with Gasteiger partial charge in [0, 0.05) is 31.2 Å². The summed E-state index contributed by atoms with van der Waals surface area (Å²) in [6.07, 6.45) is 3.64. The lowest BCUT2D eigenvalue weighted by atomic mass is 10.2. The minimum absolute atomic E-state index is 0.728. The molecule has 0 radical (unpaired) electrons. The molecule has 1 aromatic rings. The molecule has 0 atom stereocenters. The Kier molecular flexibility index (Phi) is 6.39. The fourth-order valence-corrected chi connectivity index (χ4v) is 1.40. The molecule has 3 nitrogen and oxygen atoms in total. The van der Waals surface area contributed by atoms with E-state index < -0.39 is 0 Å². The van der Waals surface area contributed by atoms with Gasteiger partial charge in [0.1, 0.15) is 0 Å². The van der Waals surface area contributed by atoms with Crippen LogP contribution in [0.5, 0.6) is 0 Å². The Bertz CT molecular complexity index is 256. The van der Waals surface area contributed by atoms with Crippen LogP contribution in [0.2, 0.25) is 0 Å². The van der Waals surface area contributed by atoms with Gasteiger partial charge in [0.15, 0.2) is 0 Å². The van der Waals surface area contributed by atoms with E-state index >= 15 is 0 Å². The van der Waals surface area contributed by atoms with Crippen molar-refractivity contribution in [3.63, 3.8) is 0 Å². The minimum atomic E-state index is 0.728. The van der Waals surface area contributed by atoms with Gasteiger partial charge in [0.2, 0.25) is 0 Å². The number of likely N-dealkylation sites (N-methyl/N-ethyl adjacent to an activating group) is 1. The van der Waals surface area contributed by atoms with E-state index in [0.717, 1.165) is 32.1 Å². The van der Waals surface area contributed by atoms with Crippen LogP contribution >= 0.6 is 12.6 Å². The number of pyridine rings is 1. The Labute approximate surface area is 96.9 Å². The number of hydrogen-bond acceptors (Lipinski definition) is 4. The van der Waals surface area contributed by atoms with Crippen LogP contribution in [0, 0.1) is 0 Å². The zero-order valence-corrected chi connectivity index (χ0v) is 9.99. The van der Waals surface area contributed by atoms with E-state index in [1.807, 2.05) is 24.5 Å². The first-order valence-electron chi connectivity index (χ1n) is 5.09. The van der Waals surface area contributed by atoms with Crippen LogP contribution in [-0.2, 0) is 11.3 Å². The summed E-state index contributed by atoms with van der Waals surface area (Å²) in [4.78, 5) is 6.22. The van der Waals surface area contributed by atoms with Gasteiger partial charge in [-0.1, -0.05) is 0 Å². The van der Waals surface area contributed by atoms with Gasteiger partial charge in [-0.3, -0.25) is 9.88 Å². The van der Waals surface area contributed by atoms with E-state index in [0.29, 0.717) is 0 Å². The van der Waals surface area contributed by atoms with Crippen LogP contribution in [0.4, 0.5) is 0 Å². The summed E-state index contributed by atoms with van der Waals surface area (Å²) < 4.78 is 5.36. The molecule has 0 spiro atoms. The average Bonchev–Trinajstić information content (AvgIpc) is 2.26. The lowest BCUT2D eigenvalue weighted by Crippen LogP contribution is -2.23. The predicted molar refractivity (Wildman–Crippen MR) is 65.2 cm³/mol. The van der Waals surface area contributed by atoms with E-state index in [1.165, 1.54) is 5.56 Å². The maximum absolute atomic E-state index is 5.36. The molecule has 0 aliphatic heterocycles. The van der Waals surface area contributed by atoms with Crippen molar-refractivity contribution in [1.82, 2.24) is 9.88 Å². The summed E-state index contributed by atoms with van der Waals surface area (Å²) in [6, 6.07) is 4.07. The largest absolute Gasteiger partial charge is 0.379 e. The number of nitrogens with zero attached hydrogens (tertiary/aromatic N) is 2. The molecule has 0 saturated heterocycles. The van der Waals surface area contributed by atoms with Gasteiger partial charge in [-0.25, -0.2) is 0 Å². The first kappa shape index (κ1) is 12.5. The monoisotopic (exact) mass is 226 g/mol. The molecule has 0 saturated carbocycles. The van der Waals surface area contributed by atoms with Gasteiger partial charge in [-0.05, 0) is 24.7 Å². The molecule has 0 amide bonds. The molecule has 1 heterocycles. The van der Waals surface area contributed by atoms with Crippen molar-refractivity contribution in [2.24, 2.45) is 0 Å². The third kappa shape index (κ3) is 5.77. The van der Waals surface area contributed by atoms with Crippen LogP contribution in [0.25, 0.3) is 0 Å². The van der Waals surface area contributed by atoms with Crippen LogP contribution in [0.1, 0.15) is 5.56 Å². The lowest BCUT2D eigenvalue weighted by molar-refractivity contribution is 0.122. The predicted octanol–water partition coefficient (Wildman–Crippen LogP) is 1.46. The molecule has 0 aromatic carbocycles. The number of hydrogen-bond donors (Lipinski definition) is 1. The first-order chi connectivity index (χ1) is 7.33. The highest BCUT2D eigenvalue weighted by molar-refractivity contribution is 7.80. The SMILES string of the molecule is CN(CCOCCS)Cc1ccncc1. The number of thiol groups is 1. The zero-order valence-electron chi connectivity index (χ0n) is 9.09. The first-order valence-corrected chi connectivity index (χ1v) is 5.72. The third-order valence-electron chi connectivity index (χ3n) is 2.05. The van der Waals surface area contributed by atoms with Crippen molar-refractivity contribution < 1.29 is 4.74 Å². The molecule has 0 N–H and O–H groups in total.